The van der Waals surface area contributed by atoms with Crippen molar-refractivity contribution in [2.45, 2.75) is 50.7 Å². The van der Waals surface area contributed by atoms with Gasteiger partial charge in [0.25, 0.3) is 0 Å². The maximum Gasteiger partial charge on any atom is 0.323 e. The van der Waals surface area contributed by atoms with Crippen LogP contribution in [0.4, 0.5) is 0 Å². The highest BCUT2D eigenvalue weighted by Gasteiger charge is 2.32. The average molecular weight is 409 g/mol. The zero-order chi connectivity index (χ0) is 20.9. The van der Waals surface area contributed by atoms with Crippen LogP contribution in [0.25, 0.3) is 11.0 Å². The number of hydrogen-bond acceptors (Lipinski definition) is 7. The molecule has 1 aliphatic carbocycles. The number of unbranched alkanes of at least 4 members (excludes halogenated alkanes) is 1. The van der Waals surface area contributed by atoms with Crippen LogP contribution in [-0.2, 0) is 9.53 Å². The topological polar surface area (TPSA) is 82.6 Å². The van der Waals surface area contributed by atoms with Gasteiger partial charge in [-0.25, -0.2) is 9.97 Å². The Morgan fingerprint density at radius 2 is 2.10 bits per heavy atom. The monoisotopic (exact) mass is 409 g/mol. The van der Waals surface area contributed by atoms with E-state index in [0.29, 0.717) is 35.8 Å². The van der Waals surface area contributed by atoms with Gasteiger partial charge in [0.2, 0.25) is 5.88 Å². The minimum atomic E-state index is -0.370. The minimum absolute atomic E-state index is 0.207. The van der Waals surface area contributed by atoms with Crippen molar-refractivity contribution in [3.8, 4) is 23.5 Å². The van der Waals surface area contributed by atoms with E-state index in [2.05, 4.69) is 27.1 Å². The number of ether oxygens (including phenoxy) is 3. The number of esters is 1. The third kappa shape index (κ3) is 5.00. The lowest BCUT2D eigenvalue weighted by Crippen LogP contribution is -2.31. The number of aromatic nitrogens is 2. The van der Waals surface area contributed by atoms with E-state index in [4.69, 9.17) is 14.2 Å². The molecule has 1 aromatic carbocycles. The van der Waals surface area contributed by atoms with Crippen LogP contribution in [0.2, 0.25) is 0 Å². The minimum Gasteiger partial charge on any atom is -0.497 e. The Balaban J connectivity index is 1.54. The molecule has 1 aromatic heterocycles. The van der Waals surface area contributed by atoms with Crippen molar-refractivity contribution < 1.29 is 19.0 Å². The number of carbonyl (C=O) groups excluding carboxylic acids is 1. The second-order valence-corrected chi connectivity index (χ2v) is 7.83. The standard InChI is InChI=1S/C23H27N3O4/c1-28-16-10-11-18-20(12-16)26-22(30-17-13-21(24-14-17)23(27)29-2)19(25-18)7-5-3-4-6-15-8-9-15/h10-12,15,17,21,24H,3-4,6,8-9,13-14H2,1-2H3/t17?,21-/m0/s1. The van der Waals surface area contributed by atoms with Gasteiger partial charge in [0.05, 0.1) is 25.3 Å². The third-order valence-electron chi connectivity index (χ3n) is 5.51. The van der Waals surface area contributed by atoms with E-state index in [1.807, 2.05) is 18.2 Å². The Morgan fingerprint density at radius 1 is 1.23 bits per heavy atom. The lowest BCUT2D eigenvalue weighted by Gasteiger charge is -2.14. The zero-order valence-electron chi connectivity index (χ0n) is 17.4. The Morgan fingerprint density at radius 3 is 2.87 bits per heavy atom. The maximum absolute atomic E-state index is 11.8. The van der Waals surface area contributed by atoms with Crippen LogP contribution in [-0.4, -0.2) is 48.8 Å². The van der Waals surface area contributed by atoms with E-state index in [9.17, 15) is 4.79 Å². The van der Waals surface area contributed by atoms with E-state index < -0.39 is 0 Å². The van der Waals surface area contributed by atoms with Crippen LogP contribution in [0.15, 0.2) is 18.2 Å². The van der Waals surface area contributed by atoms with Crippen molar-refractivity contribution >= 4 is 17.0 Å². The van der Waals surface area contributed by atoms with E-state index in [-0.39, 0.29) is 18.1 Å². The highest BCUT2D eigenvalue weighted by Crippen LogP contribution is 2.33. The van der Waals surface area contributed by atoms with Gasteiger partial charge >= 0.3 is 5.97 Å². The van der Waals surface area contributed by atoms with Crippen LogP contribution in [0.5, 0.6) is 11.6 Å². The first-order valence-corrected chi connectivity index (χ1v) is 10.5. The van der Waals surface area contributed by atoms with E-state index in [0.717, 1.165) is 24.3 Å². The second kappa shape index (κ2) is 9.31. The van der Waals surface area contributed by atoms with E-state index in [1.165, 1.54) is 26.4 Å². The first kappa shape index (κ1) is 20.4. The first-order valence-electron chi connectivity index (χ1n) is 10.5. The summed E-state index contributed by atoms with van der Waals surface area (Å²) in [6, 6.07) is 5.18. The molecule has 2 aliphatic rings. The molecule has 2 heterocycles. The summed E-state index contributed by atoms with van der Waals surface area (Å²) in [5.41, 5.74) is 1.95. The SMILES string of the molecule is COC(=O)[C@@H]1CC(Oc2nc3cc(OC)ccc3nc2C#CCCCC2CC2)CN1. The number of methoxy groups -OCH3 is 2. The molecule has 2 atom stereocenters. The van der Waals surface area contributed by atoms with Crippen molar-refractivity contribution in [2.24, 2.45) is 5.92 Å². The lowest BCUT2D eigenvalue weighted by molar-refractivity contribution is -0.142. The molecular weight excluding hydrogens is 382 g/mol. The van der Waals surface area contributed by atoms with Gasteiger partial charge in [-0.2, -0.15) is 0 Å². The van der Waals surface area contributed by atoms with Crippen molar-refractivity contribution in [1.29, 1.82) is 0 Å². The number of rotatable bonds is 7. The molecule has 1 saturated heterocycles. The molecule has 1 N–H and O–H groups in total. The molecule has 2 aromatic rings. The molecule has 158 valence electrons. The first-order chi connectivity index (χ1) is 14.7. The zero-order valence-corrected chi connectivity index (χ0v) is 17.4. The Bertz CT molecular complexity index is 978. The maximum atomic E-state index is 11.8. The summed E-state index contributed by atoms with van der Waals surface area (Å²) in [5.74, 6) is 8.11. The fraction of sp³-hybridized carbons (Fsp3) is 0.522. The number of hydrogen-bond donors (Lipinski definition) is 1. The lowest BCUT2D eigenvalue weighted by atomic mass is 10.2. The molecule has 7 nitrogen and oxygen atoms in total. The molecule has 30 heavy (non-hydrogen) atoms. The molecule has 1 unspecified atom stereocenters. The van der Waals surface area contributed by atoms with Gasteiger partial charge in [0.1, 0.15) is 17.9 Å². The van der Waals surface area contributed by atoms with Crippen molar-refractivity contribution in [3.63, 3.8) is 0 Å². The fourth-order valence-electron chi connectivity index (χ4n) is 3.61. The Hall–Kier alpha value is -2.85. The molecule has 4 rings (SSSR count). The van der Waals surface area contributed by atoms with Gasteiger partial charge in [0.15, 0.2) is 5.69 Å². The molecular formula is C23H27N3O4. The van der Waals surface area contributed by atoms with Gasteiger partial charge in [0, 0.05) is 25.5 Å². The molecule has 0 spiro atoms. The van der Waals surface area contributed by atoms with Crippen molar-refractivity contribution in [3.05, 3.63) is 23.9 Å². The predicted octanol–water partition coefficient (Wildman–Crippen LogP) is 2.85. The van der Waals surface area contributed by atoms with Gasteiger partial charge in [-0.15, -0.1) is 0 Å². The highest BCUT2D eigenvalue weighted by molar-refractivity contribution is 5.77. The van der Waals surface area contributed by atoms with Crippen molar-refractivity contribution in [1.82, 2.24) is 15.3 Å². The molecule has 1 saturated carbocycles. The summed E-state index contributed by atoms with van der Waals surface area (Å²) in [6.07, 6.45) is 6.25. The summed E-state index contributed by atoms with van der Waals surface area (Å²) >= 11 is 0. The normalized spacial score (nSPS) is 20.5. The van der Waals surface area contributed by atoms with Gasteiger partial charge < -0.3 is 19.5 Å². The predicted molar refractivity (Wildman–Crippen MR) is 112 cm³/mol. The third-order valence-corrected chi connectivity index (χ3v) is 5.51. The summed E-state index contributed by atoms with van der Waals surface area (Å²) in [6.45, 7) is 0.534. The van der Waals surface area contributed by atoms with Gasteiger partial charge in [-0.1, -0.05) is 18.8 Å². The number of benzene rings is 1. The van der Waals surface area contributed by atoms with Crippen LogP contribution < -0.4 is 14.8 Å². The van der Waals surface area contributed by atoms with Crippen LogP contribution in [0.1, 0.15) is 44.2 Å². The smallest absolute Gasteiger partial charge is 0.323 e. The van der Waals surface area contributed by atoms with Crippen molar-refractivity contribution in [2.75, 3.05) is 20.8 Å². The molecule has 7 heteroatoms. The molecule has 1 aliphatic heterocycles. The second-order valence-electron chi connectivity index (χ2n) is 7.83. The molecule has 0 bridgehead atoms. The number of fused-ring (bicyclic) bond motifs is 1. The fourth-order valence-corrected chi connectivity index (χ4v) is 3.61. The number of nitrogens with one attached hydrogen (secondary N) is 1. The van der Waals surface area contributed by atoms with Crippen LogP contribution >= 0.6 is 0 Å². The largest absolute Gasteiger partial charge is 0.497 e. The van der Waals surface area contributed by atoms with Gasteiger partial charge in [-0.05, 0) is 36.8 Å². The van der Waals surface area contributed by atoms with E-state index in [1.54, 1.807) is 7.11 Å². The highest BCUT2D eigenvalue weighted by atomic mass is 16.5. The molecule has 0 radical (unpaired) electrons. The van der Waals surface area contributed by atoms with E-state index >= 15 is 0 Å². The summed E-state index contributed by atoms with van der Waals surface area (Å²) in [5, 5.41) is 3.13. The Labute approximate surface area is 176 Å². The summed E-state index contributed by atoms with van der Waals surface area (Å²) < 4.78 is 16.2. The average Bonchev–Trinajstić information content (AvgIpc) is 3.48. The number of carbonyl (C=O) groups is 1. The number of nitrogens with zero attached hydrogens (tertiary/aromatic N) is 2. The van der Waals surface area contributed by atoms with Crippen LogP contribution in [0, 0.1) is 17.8 Å². The molecule has 0 amide bonds. The summed E-state index contributed by atoms with van der Waals surface area (Å²) in [7, 11) is 3.00. The van der Waals surface area contributed by atoms with Crippen LogP contribution in [0.3, 0.4) is 0 Å². The Kier molecular flexibility index (Phi) is 6.34. The van der Waals surface area contributed by atoms with Gasteiger partial charge in [-0.3, -0.25) is 4.79 Å². The summed E-state index contributed by atoms with van der Waals surface area (Å²) in [4.78, 5) is 21.1. The molecule has 2 fully saturated rings. The quantitative estimate of drug-likeness (QED) is 0.428.